The van der Waals surface area contributed by atoms with Gasteiger partial charge in [0.2, 0.25) is 5.91 Å². The van der Waals surface area contributed by atoms with E-state index in [1.54, 1.807) is 0 Å². The van der Waals surface area contributed by atoms with Gasteiger partial charge < -0.3 is 14.4 Å². The highest BCUT2D eigenvalue weighted by Gasteiger charge is 2.45. The molecule has 1 aromatic rings. The third-order valence-corrected chi connectivity index (χ3v) is 6.43. The maximum atomic E-state index is 13.0. The van der Waals surface area contributed by atoms with E-state index in [1.165, 1.54) is 5.56 Å². The molecule has 142 valence electrons. The molecule has 3 atom stereocenters. The molecule has 0 spiro atoms. The monoisotopic (exact) mass is 377 g/mol. The van der Waals surface area contributed by atoms with Crippen molar-refractivity contribution in [1.82, 2.24) is 4.90 Å². The highest BCUT2D eigenvalue weighted by molar-refractivity contribution is 7.99. The number of amides is 1. The molecule has 1 amide bonds. The van der Waals surface area contributed by atoms with E-state index in [2.05, 4.69) is 12.1 Å². The Kier molecular flexibility index (Phi) is 6.97. The summed E-state index contributed by atoms with van der Waals surface area (Å²) in [6.07, 6.45) is 1.47. The standard InChI is InChI=1S/C20H27NO4S/c1-2-25-20(23)18-13-16(26-14-15-6-4-3-5-7-15)12-17(18)19(22)21-8-10-24-11-9-21/h3-7,16-18H,2,8-14H2,1H3/t16-,17+,18+/m0/s1. The summed E-state index contributed by atoms with van der Waals surface area (Å²) in [5.74, 6) is 0.189. The Hall–Kier alpha value is -1.53. The van der Waals surface area contributed by atoms with Gasteiger partial charge in [-0.15, -0.1) is 0 Å². The lowest BCUT2D eigenvalue weighted by Crippen LogP contribution is -2.45. The minimum atomic E-state index is -0.321. The number of ether oxygens (including phenoxy) is 2. The van der Waals surface area contributed by atoms with Gasteiger partial charge in [0.15, 0.2) is 0 Å². The normalized spacial score (nSPS) is 25.9. The van der Waals surface area contributed by atoms with Gasteiger partial charge in [-0.25, -0.2) is 0 Å². The average Bonchev–Trinajstić information content (AvgIpc) is 3.12. The predicted molar refractivity (Wildman–Crippen MR) is 102 cm³/mol. The average molecular weight is 378 g/mol. The number of esters is 1. The molecule has 0 radical (unpaired) electrons. The number of carbonyl (C=O) groups is 2. The van der Waals surface area contributed by atoms with E-state index in [9.17, 15) is 9.59 Å². The number of hydrogen-bond donors (Lipinski definition) is 0. The van der Waals surface area contributed by atoms with Crippen molar-refractivity contribution in [3.63, 3.8) is 0 Å². The van der Waals surface area contributed by atoms with Crippen molar-refractivity contribution >= 4 is 23.6 Å². The molecule has 3 rings (SSSR count). The van der Waals surface area contributed by atoms with Crippen molar-refractivity contribution < 1.29 is 19.1 Å². The molecule has 26 heavy (non-hydrogen) atoms. The van der Waals surface area contributed by atoms with Crippen molar-refractivity contribution in [3.05, 3.63) is 35.9 Å². The van der Waals surface area contributed by atoms with Crippen LogP contribution >= 0.6 is 11.8 Å². The van der Waals surface area contributed by atoms with Gasteiger partial charge in [0.25, 0.3) is 0 Å². The second kappa shape index (κ2) is 9.42. The first kappa shape index (κ1) is 19.2. The summed E-state index contributed by atoms with van der Waals surface area (Å²) in [6.45, 7) is 4.56. The third kappa shape index (κ3) is 4.80. The van der Waals surface area contributed by atoms with Crippen molar-refractivity contribution in [1.29, 1.82) is 0 Å². The lowest BCUT2D eigenvalue weighted by Gasteiger charge is -2.30. The smallest absolute Gasteiger partial charge is 0.309 e. The quantitative estimate of drug-likeness (QED) is 0.714. The van der Waals surface area contributed by atoms with Crippen LogP contribution in [0.3, 0.4) is 0 Å². The Bertz CT molecular complexity index is 603. The number of rotatable bonds is 6. The molecule has 2 aliphatic rings. The second-order valence-electron chi connectivity index (χ2n) is 6.79. The van der Waals surface area contributed by atoms with Crippen LogP contribution < -0.4 is 0 Å². The molecule has 1 aliphatic heterocycles. The van der Waals surface area contributed by atoms with Gasteiger partial charge in [-0.2, -0.15) is 11.8 Å². The molecule has 0 bridgehead atoms. The molecule has 1 saturated heterocycles. The number of nitrogens with zero attached hydrogens (tertiary/aromatic N) is 1. The zero-order valence-electron chi connectivity index (χ0n) is 15.3. The Morgan fingerprint density at radius 2 is 1.85 bits per heavy atom. The molecule has 1 saturated carbocycles. The summed E-state index contributed by atoms with van der Waals surface area (Å²) in [7, 11) is 0. The maximum absolute atomic E-state index is 13.0. The van der Waals surface area contributed by atoms with Gasteiger partial charge in [-0.3, -0.25) is 9.59 Å². The van der Waals surface area contributed by atoms with Crippen LogP contribution in [0.25, 0.3) is 0 Å². The van der Waals surface area contributed by atoms with Gasteiger partial charge >= 0.3 is 5.97 Å². The first-order valence-corrected chi connectivity index (χ1v) is 10.4. The fourth-order valence-electron chi connectivity index (χ4n) is 3.72. The van der Waals surface area contributed by atoms with Gasteiger partial charge in [-0.05, 0) is 25.3 Å². The minimum Gasteiger partial charge on any atom is -0.466 e. The molecule has 1 heterocycles. The molecule has 5 nitrogen and oxygen atoms in total. The summed E-state index contributed by atoms with van der Waals surface area (Å²) in [6, 6.07) is 10.3. The SMILES string of the molecule is CCOC(=O)[C@@H]1C[C@@H](SCc2ccccc2)C[C@H]1C(=O)N1CCOCC1. The van der Waals surface area contributed by atoms with E-state index in [0.29, 0.717) is 38.2 Å². The molecule has 6 heteroatoms. The third-order valence-electron chi connectivity index (χ3n) is 5.08. The fraction of sp³-hybridized carbons (Fsp3) is 0.600. The van der Waals surface area contributed by atoms with E-state index in [-0.39, 0.29) is 23.7 Å². The number of benzene rings is 1. The molecule has 1 aromatic carbocycles. The van der Waals surface area contributed by atoms with Gasteiger partial charge in [0.1, 0.15) is 0 Å². The first-order chi connectivity index (χ1) is 12.7. The van der Waals surface area contributed by atoms with Crippen LogP contribution in [0.15, 0.2) is 30.3 Å². The highest BCUT2D eigenvalue weighted by Crippen LogP contribution is 2.41. The van der Waals surface area contributed by atoms with E-state index in [1.807, 2.05) is 41.8 Å². The largest absolute Gasteiger partial charge is 0.466 e. The molecular weight excluding hydrogens is 350 g/mol. The zero-order chi connectivity index (χ0) is 18.4. The van der Waals surface area contributed by atoms with Crippen LogP contribution in [0.5, 0.6) is 0 Å². The van der Waals surface area contributed by atoms with Crippen LogP contribution in [0.2, 0.25) is 0 Å². The Morgan fingerprint density at radius 3 is 2.54 bits per heavy atom. The van der Waals surface area contributed by atoms with Crippen LogP contribution in [-0.2, 0) is 24.8 Å². The molecule has 1 aliphatic carbocycles. The van der Waals surface area contributed by atoms with Gasteiger partial charge in [-0.1, -0.05) is 30.3 Å². The van der Waals surface area contributed by atoms with E-state index in [0.717, 1.165) is 18.6 Å². The van der Waals surface area contributed by atoms with E-state index in [4.69, 9.17) is 9.47 Å². The Morgan fingerprint density at radius 1 is 1.15 bits per heavy atom. The summed E-state index contributed by atoms with van der Waals surface area (Å²) in [5.41, 5.74) is 1.27. The van der Waals surface area contributed by atoms with Crippen LogP contribution in [0.4, 0.5) is 0 Å². The van der Waals surface area contributed by atoms with Crippen molar-refractivity contribution in [2.24, 2.45) is 11.8 Å². The maximum Gasteiger partial charge on any atom is 0.309 e. The van der Waals surface area contributed by atoms with Crippen LogP contribution in [0, 0.1) is 11.8 Å². The van der Waals surface area contributed by atoms with E-state index < -0.39 is 0 Å². The lowest BCUT2D eigenvalue weighted by atomic mass is 9.94. The number of hydrogen-bond acceptors (Lipinski definition) is 5. The van der Waals surface area contributed by atoms with Crippen LogP contribution in [-0.4, -0.2) is 54.9 Å². The first-order valence-electron chi connectivity index (χ1n) is 9.37. The number of thioether (sulfide) groups is 1. The summed E-state index contributed by atoms with van der Waals surface area (Å²) < 4.78 is 10.6. The highest BCUT2D eigenvalue weighted by atomic mass is 32.2. The lowest BCUT2D eigenvalue weighted by molar-refractivity contribution is -0.154. The molecule has 2 fully saturated rings. The summed E-state index contributed by atoms with van der Waals surface area (Å²) in [4.78, 5) is 27.3. The number of morpholine rings is 1. The Labute approximate surface area is 159 Å². The molecule has 0 unspecified atom stereocenters. The van der Waals surface area contributed by atoms with Crippen LogP contribution in [0.1, 0.15) is 25.3 Å². The van der Waals surface area contributed by atoms with Crippen molar-refractivity contribution in [2.75, 3.05) is 32.9 Å². The van der Waals surface area contributed by atoms with Gasteiger partial charge in [0.05, 0.1) is 31.7 Å². The topological polar surface area (TPSA) is 55.8 Å². The zero-order valence-corrected chi connectivity index (χ0v) is 16.1. The molecule has 0 aromatic heterocycles. The van der Waals surface area contributed by atoms with E-state index >= 15 is 0 Å². The van der Waals surface area contributed by atoms with Gasteiger partial charge in [0, 0.05) is 24.1 Å². The summed E-state index contributed by atoms with van der Waals surface area (Å²) >= 11 is 1.84. The molecular formula is C20H27NO4S. The predicted octanol–water partition coefficient (Wildman–Crippen LogP) is 2.74. The van der Waals surface area contributed by atoms with Crippen molar-refractivity contribution in [3.8, 4) is 0 Å². The fourth-order valence-corrected chi connectivity index (χ4v) is 5.02. The second-order valence-corrected chi connectivity index (χ2v) is 8.08. The van der Waals surface area contributed by atoms with Crippen molar-refractivity contribution in [2.45, 2.75) is 30.8 Å². The minimum absolute atomic E-state index is 0.0918. The molecule has 0 N–H and O–H groups in total. The summed E-state index contributed by atoms with van der Waals surface area (Å²) in [5, 5.41) is 0.305. The number of carbonyl (C=O) groups excluding carboxylic acids is 2. The Balaban J connectivity index is 1.64.